The fourth-order valence-corrected chi connectivity index (χ4v) is 2.66. The van der Waals surface area contributed by atoms with Crippen molar-refractivity contribution < 1.29 is 14.7 Å². The minimum atomic E-state index is -1.16. The Hall–Kier alpha value is -3.21. The quantitative estimate of drug-likeness (QED) is 0.772. The molecule has 2 N–H and O–H groups in total. The molecule has 0 saturated heterocycles. The average molecular weight is 320 g/mol. The number of fused-ring (bicyclic) bond motifs is 1. The van der Waals surface area contributed by atoms with Gasteiger partial charge >= 0.3 is 5.97 Å². The highest BCUT2D eigenvalue weighted by Crippen LogP contribution is 2.24. The van der Waals surface area contributed by atoms with E-state index in [2.05, 4.69) is 10.3 Å². The predicted molar refractivity (Wildman–Crippen MR) is 91.0 cm³/mol. The van der Waals surface area contributed by atoms with Crippen molar-refractivity contribution in [2.75, 3.05) is 0 Å². The lowest BCUT2D eigenvalue weighted by Gasteiger charge is -2.16. The minimum absolute atomic E-state index is 0.0852. The number of carboxylic acids is 1. The average Bonchev–Trinajstić information content (AvgIpc) is 2.61. The highest BCUT2D eigenvalue weighted by molar-refractivity contribution is 5.95. The van der Waals surface area contributed by atoms with E-state index in [0.717, 1.165) is 16.3 Å². The third-order valence-electron chi connectivity index (χ3n) is 3.84. The van der Waals surface area contributed by atoms with Crippen LogP contribution in [0.3, 0.4) is 0 Å². The molecule has 0 fully saturated rings. The number of carbonyl (C=O) groups excluding carboxylic acids is 1. The van der Waals surface area contributed by atoms with Gasteiger partial charge in [0.05, 0.1) is 6.04 Å². The Morgan fingerprint density at radius 1 is 0.958 bits per heavy atom. The van der Waals surface area contributed by atoms with Crippen LogP contribution in [0.1, 0.15) is 39.5 Å². The van der Waals surface area contributed by atoms with Crippen LogP contribution >= 0.6 is 0 Å². The summed E-state index contributed by atoms with van der Waals surface area (Å²) in [6.07, 6.45) is 0. The van der Waals surface area contributed by atoms with Crippen LogP contribution in [0.4, 0.5) is 0 Å². The highest BCUT2D eigenvalue weighted by atomic mass is 16.4. The Bertz CT molecular complexity index is 916. The Balaban J connectivity index is 1.86. The predicted octanol–water partition coefficient (Wildman–Crippen LogP) is 3.42. The van der Waals surface area contributed by atoms with Crippen molar-refractivity contribution in [2.45, 2.75) is 13.0 Å². The summed E-state index contributed by atoms with van der Waals surface area (Å²) in [6, 6.07) is 18.0. The summed E-state index contributed by atoms with van der Waals surface area (Å²) in [6.45, 7) is 1.89. The van der Waals surface area contributed by atoms with Gasteiger partial charge in [-0.15, -0.1) is 0 Å². The molecule has 1 heterocycles. The maximum absolute atomic E-state index is 12.4. The van der Waals surface area contributed by atoms with E-state index in [1.165, 1.54) is 18.2 Å². The first-order chi connectivity index (χ1) is 11.6. The van der Waals surface area contributed by atoms with Crippen LogP contribution in [0.25, 0.3) is 10.8 Å². The smallest absolute Gasteiger partial charge is 0.354 e. The van der Waals surface area contributed by atoms with Crippen molar-refractivity contribution in [3.8, 4) is 0 Å². The molecule has 1 aromatic heterocycles. The molecule has 0 radical (unpaired) electrons. The zero-order valence-electron chi connectivity index (χ0n) is 13.1. The van der Waals surface area contributed by atoms with E-state index < -0.39 is 11.9 Å². The number of benzene rings is 2. The molecule has 120 valence electrons. The number of nitrogens with zero attached hydrogens (tertiary/aromatic N) is 1. The number of carbonyl (C=O) groups is 2. The van der Waals surface area contributed by atoms with E-state index >= 15 is 0 Å². The molecule has 0 aliphatic rings. The summed E-state index contributed by atoms with van der Waals surface area (Å²) < 4.78 is 0. The molecule has 0 unspecified atom stereocenters. The van der Waals surface area contributed by atoms with Gasteiger partial charge in [0.25, 0.3) is 5.91 Å². The molecule has 5 nitrogen and oxygen atoms in total. The summed E-state index contributed by atoms with van der Waals surface area (Å²) >= 11 is 0. The zero-order valence-corrected chi connectivity index (χ0v) is 13.1. The summed E-state index contributed by atoms with van der Waals surface area (Å²) in [5.41, 5.74) is 0.929. The van der Waals surface area contributed by atoms with Gasteiger partial charge in [-0.3, -0.25) is 4.79 Å². The maximum atomic E-state index is 12.4. The zero-order chi connectivity index (χ0) is 17.1. The van der Waals surface area contributed by atoms with Crippen LogP contribution in [0.2, 0.25) is 0 Å². The van der Waals surface area contributed by atoms with Crippen LogP contribution in [0, 0.1) is 0 Å². The summed E-state index contributed by atoms with van der Waals surface area (Å²) in [5.74, 6) is -1.56. The molecular formula is C19H16N2O3. The largest absolute Gasteiger partial charge is 0.477 e. The first kappa shape index (κ1) is 15.7. The van der Waals surface area contributed by atoms with Gasteiger partial charge in [-0.25, -0.2) is 9.78 Å². The normalized spacial score (nSPS) is 11.9. The first-order valence-electron chi connectivity index (χ1n) is 7.55. The van der Waals surface area contributed by atoms with E-state index in [1.54, 1.807) is 0 Å². The maximum Gasteiger partial charge on any atom is 0.354 e. The number of aromatic carboxylic acids is 1. The SMILES string of the molecule is C[C@@H](NC(=O)c1cccc(C(=O)O)n1)c1cccc2ccccc12. The highest BCUT2D eigenvalue weighted by Gasteiger charge is 2.16. The van der Waals surface area contributed by atoms with Gasteiger partial charge in [0.2, 0.25) is 0 Å². The van der Waals surface area contributed by atoms with E-state index in [4.69, 9.17) is 5.11 Å². The number of nitrogens with one attached hydrogen (secondary N) is 1. The Labute approximate surface area is 139 Å². The van der Waals surface area contributed by atoms with Crippen molar-refractivity contribution in [3.63, 3.8) is 0 Å². The molecule has 0 aliphatic carbocycles. The number of hydrogen-bond donors (Lipinski definition) is 2. The van der Waals surface area contributed by atoms with Crippen LogP contribution < -0.4 is 5.32 Å². The lowest BCUT2D eigenvalue weighted by molar-refractivity contribution is 0.0690. The molecule has 1 atom stereocenters. The number of aromatic nitrogens is 1. The number of amides is 1. The van der Waals surface area contributed by atoms with Gasteiger partial charge in [-0.2, -0.15) is 0 Å². The van der Waals surface area contributed by atoms with E-state index in [9.17, 15) is 9.59 Å². The van der Waals surface area contributed by atoms with Crippen LogP contribution in [0.15, 0.2) is 60.7 Å². The lowest BCUT2D eigenvalue weighted by atomic mass is 9.99. The van der Waals surface area contributed by atoms with Gasteiger partial charge < -0.3 is 10.4 Å². The van der Waals surface area contributed by atoms with E-state index in [-0.39, 0.29) is 17.4 Å². The number of pyridine rings is 1. The van der Waals surface area contributed by atoms with Crippen LogP contribution in [-0.4, -0.2) is 22.0 Å². The van der Waals surface area contributed by atoms with Crippen LogP contribution in [0.5, 0.6) is 0 Å². The third kappa shape index (κ3) is 3.10. The fourth-order valence-electron chi connectivity index (χ4n) is 2.66. The summed E-state index contributed by atoms with van der Waals surface area (Å²) in [5, 5.41) is 14.0. The molecule has 24 heavy (non-hydrogen) atoms. The van der Waals surface area contributed by atoms with Crippen molar-refractivity contribution >= 4 is 22.6 Å². The lowest BCUT2D eigenvalue weighted by Crippen LogP contribution is -2.28. The van der Waals surface area contributed by atoms with E-state index in [1.807, 2.05) is 49.4 Å². The molecule has 0 saturated carbocycles. The van der Waals surface area contributed by atoms with Gasteiger partial charge in [-0.05, 0) is 35.4 Å². The molecule has 3 rings (SSSR count). The summed E-state index contributed by atoms with van der Waals surface area (Å²) in [4.78, 5) is 27.2. The van der Waals surface area contributed by atoms with Crippen LogP contribution in [-0.2, 0) is 0 Å². The van der Waals surface area contributed by atoms with Gasteiger partial charge in [0.15, 0.2) is 0 Å². The monoisotopic (exact) mass is 320 g/mol. The Morgan fingerprint density at radius 2 is 1.62 bits per heavy atom. The molecule has 3 aromatic rings. The van der Waals surface area contributed by atoms with Crippen molar-refractivity contribution in [3.05, 3.63) is 77.6 Å². The fraction of sp³-hybridized carbons (Fsp3) is 0.105. The first-order valence-corrected chi connectivity index (χ1v) is 7.55. The summed E-state index contributed by atoms with van der Waals surface area (Å²) in [7, 11) is 0. The molecule has 0 spiro atoms. The second-order valence-electron chi connectivity index (χ2n) is 5.48. The third-order valence-corrected chi connectivity index (χ3v) is 3.84. The van der Waals surface area contributed by atoms with Gasteiger partial charge in [0, 0.05) is 0 Å². The second-order valence-corrected chi connectivity index (χ2v) is 5.48. The topological polar surface area (TPSA) is 79.3 Å². The Morgan fingerprint density at radius 3 is 2.42 bits per heavy atom. The van der Waals surface area contributed by atoms with Crippen molar-refractivity contribution in [1.29, 1.82) is 0 Å². The number of carboxylic acid groups (broad SMARTS) is 1. The number of hydrogen-bond acceptors (Lipinski definition) is 3. The minimum Gasteiger partial charge on any atom is -0.477 e. The molecule has 1 amide bonds. The second kappa shape index (κ2) is 6.50. The molecular weight excluding hydrogens is 304 g/mol. The molecule has 0 aliphatic heterocycles. The van der Waals surface area contributed by atoms with E-state index in [0.29, 0.717) is 0 Å². The van der Waals surface area contributed by atoms with Gasteiger partial charge in [-0.1, -0.05) is 48.5 Å². The van der Waals surface area contributed by atoms with Crippen molar-refractivity contribution in [2.24, 2.45) is 0 Å². The molecule has 2 aromatic carbocycles. The van der Waals surface area contributed by atoms with Gasteiger partial charge in [0.1, 0.15) is 11.4 Å². The Kier molecular flexibility index (Phi) is 4.24. The number of rotatable bonds is 4. The molecule has 5 heteroatoms. The molecule has 0 bridgehead atoms. The standard InChI is InChI=1S/C19H16N2O3/c1-12(14-9-4-7-13-6-2-3-8-15(13)14)20-18(22)16-10-5-11-17(21-16)19(23)24/h2-12H,1H3,(H,20,22)(H,23,24)/t12-/m1/s1. The van der Waals surface area contributed by atoms with Crippen molar-refractivity contribution in [1.82, 2.24) is 10.3 Å².